The van der Waals surface area contributed by atoms with Crippen molar-refractivity contribution in [1.29, 1.82) is 0 Å². The highest BCUT2D eigenvalue weighted by Crippen LogP contribution is 2.61. The van der Waals surface area contributed by atoms with Gasteiger partial charge in [0.05, 0.1) is 10.6 Å². The summed E-state index contributed by atoms with van der Waals surface area (Å²) in [7, 11) is 0. The average molecular weight is 419 g/mol. The number of aromatic amines is 1. The number of rotatable bonds is 6. The SMILES string of the molecule is Cc1ccsc1-c1[nH]c2ccc(C34CC5CC(CC(C5)C3)C4)cc2c1CCCCN. The molecule has 3 heteroatoms. The van der Waals surface area contributed by atoms with E-state index in [1.807, 2.05) is 11.3 Å². The summed E-state index contributed by atoms with van der Waals surface area (Å²) in [5, 5.41) is 3.70. The van der Waals surface area contributed by atoms with Crippen molar-refractivity contribution >= 4 is 22.2 Å². The van der Waals surface area contributed by atoms with E-state index >= 15 is 0 Å². The van der Waals surface area contributed by atoms with Gasteiger partial charge in [0.1, 0.15) is 0 Å². The van der Waals surface area contributed by atoms with E-state index in [1.54, 1.807) is 5.56 Å². The van der Waals surface area contributed by atoms with E-state index in [2.05, 4.69) is 41.6 Å². The summed E-state index contributed by atoms with van der Waals surface area (Å²) in [6, 6.07) is 9.71. The third kappa shape index (κ3) is 3.00. The van der Waals surface area contributed by atoms with Gasteiger partial charge in [-0.15, -0.1) is 11.3 Å². The van der Waals surface area contributed by atoms with Gasteiger partial charge in [0.25, 0.3) is 0 Å². The number of nitrogens with one attached hydrogen (secondary N) is 1. The first kappa shape index (κ1) is 19.1. The van der Waals surface area contributed by atoms with Crippen LogP contribution in [0.4, 0.5) is 0 Å². The highest BCUT2D eigenvalue weighted by molar-refractivity contribution is 7.13. The molecule has 0 unspecified atom stereocenters. The Morgan fingerprint density at radius 1 is 1.03 bits per heavy atom. The number of thiophene rings is 1. The fourth-order valence-corrected chi connectivity index (χ4v) is 8.52. The zero-order chi connectivity index (χ0) is 20.3. The lowest BCUT2D eigenvalue weighted by Crippen LogP contribution is -2.48. The molecule has 4 fully saturated rings. The number of hydrogen-bond acceptors (Lipinski definition) is 2. The maximum Gasteiger partial charge on any atom is 0.0601 e. The van der Waals surface area contributed by atoms with Gasteiger partial charge in [-0.2, -0.15) is 0 Å². The van der Waals surface area contributed by atoms with Crippen molar-refractivity contribution in [3.63, 3.8) is 0 Å². The largest absolute Gasteiger partial charge is 0.354 e. The third-order valence-electron chi connectivity index (χ3n) is 8.53. The molecule has 158 valence electrons. The number of unbranched alkanes of at least 4 members (excludes halogenated alkanes) is 1. The van der Waals surface area contributed by atoms with Crippen molar-refractivity contribution < 1.29 is 0 Å². The number of aryl methyl sites for hydroxylation is 2. The number of benzene rings is 1. The second-order valence-corrected chi connectivity index (χ2v) is 11.5. The van der Waals surface area contributed by atoms with Crippen LogP contribution in [0.25, 0.3) is 21.5 Å². The smallest absolute Gasteiger partial charge is 0.0601 e. The number of fused-ring (bicyclic) bond motifs is 1. The number of nitrogens with two attached hydrogens (primary N) is 1. The molecule has 2 heterocycles. The number of hydrogen-bond donors (Lipinski definition) is 2. The van der Waals surface area contributed by atoms with E-state index in [9.17, 15) is 0 Å². The Morgan fingerprint density at radius 2 is 1.77 bits per heavy atom. The van der Waals surface area contributed by atoms with Gasteiger partial charge in [0, 0.05) is 10.9 Å². The highest BCUT2D eigenvalue weighted by atomic mass is 32.1. The minimum Gasteiger partial charge on any atom is -0.354 e. The summed E-state index contributed by atoms with van der Waals surface area (Å²) in [4.78, 5) is 5.22. The van der Waals surface area contributed by atoms with Crippen LogP contribution in [0.2, 0.25) is 0 Å². The molecule has 4 aliphatic rings. The van der Waals surface area contributed by atoms with Crippen LogP contribution in [0, 0.1) is 24.7 Å². The Labute approximate surface area is 184 Å². The average Bonchev–Trinajstić information content (AvgIpc) is 3.30. The van der Waals surface area contributed by atoms with Gasteiger partial charge >= 0.3 is 0 Å². The van der Waals surface area contributed by atoms with E-state index in [4.69, 9.17) is 5.73 Å². The maximum absolute atomic E-state index is 5.83. The van der Waals surface area contributed by atoms with Crippen LogP contribution in [0.5, 0.6) is 0 Å². The van der Waals surface area contributed by atoms with Crippen molar-refractivity contribution in [2.24, 2.45) is 23.5 Å². The van der Waals surface area contributed by atoms with Crippen molar-refractivity contribution in [3.8, 4) is 10.6 Å². The molecule has 0 aliphatic heterocycles. The summed E-state index contributed by atoms with van der Waals surface area (Å²) in [6.45, 7) is 3.02. The summed E-state index contributed by atoms with van der Waals surface area (Å²) in [6.07, 6.45) is 12.2. The molecule has 0 radical (unpaired) electrons. The van der Waals surface area contributed by atoms with Crippen molar-refractivity contribution in [2.75, 3.05) is 6.54 Å². The molecule has 0 saturated heterocycles. The molecule has 0 spiro atoms. The summed E-state index contributed by atoms with van der Waals surface area (Å²) in [5.74, 6) is 2.98. The Bertz CT molecular complexity index is 1040. The molecule has 4 bridgehead atoms. The first-order valence-corrected chi connectivity index (χ1v) is 12.9. The first-order chi connectivity index (χ1) is 14.6. The second-order valence-electron chi connectivity index (χ2n) is 10.6. The van der Waals surface area contributed by atoms with Crippen LogP contribution in [0.3, 0.4) is 0 Å². The molecule has 4 saturated carbocycles. The molecule has 3 aromatic rings. The topological polar surface area (TPSA) is 41.8 Å². The van der Waals surface area contributed by atoms with Crippen LogP contribution >= 0.6 is 11.3 Å². The van der Waals surface area contributed by atoms with Gasteiger partial charge in [-0.25, -0.2) is 0 Å². The van der Waals surface area contributed by atoms with Crippen LogP contribution in [0.15, 0.2) is 29.6 Å². The first-order valence-electron chi connectivity index (χ1n) is 12.0. The van der Waals surface area contributed by atoms with Gasteiger partial charge in [-0.3, -0.25) is 0 Å². The lowest BCUT2D eigenvalue weighted by Gasteiger charge is -2.57. The van der Waals surface area contributed by atoms with E-state index in [1.165, 1.54) is 77.5 Å². The van der Waals surface area contributed by atoms with E-state index < -0.39 is 0 Å². The van der Waals surface area contributed by atoms with Gasteiger partial charge in [-0.05, 0) is 135 Å². The van der Waals surface area contributed by atoms with Gasteiger partial charge in [0.15, 0.2) is 0 Å². The van der Waals surface area contributed by atoms with Crippen LogP contribution in [-0.2, 0) is 11.8 Å². The maximum atomic E-state index is 5.83. The second kappa shape index (κ2) is 7.24. The number of H-pyrrole nitrogens is 1. The van der Waals surface area contributed by atoms with Crippen molar-refractivity contribution in [1.82, 2.24) is 4.98 Å². The molecule has 7 rings (SSSR count). The van der Waals surface area contributed by atoms with E-state index in [0.717, 1.165) is 37.1 Å². The minimum absolute atomic E-state index is 0.466. The minimum atomic E-state index is 0.466. The Hall–Kier alpha value is -1.58. The monoisotopic (exact) mass is 418 g/mol. The summed E-state index contributed by atoms with van der Waals surface area (Å²) >= 11 is 1.87. The molecule has 30 heavy (non-hydrogen) atoms. The van der Waals surface area contributed by atoms with Crippen LogP contribution in [0.1, 0.15) is 68.1 Å². The fraction of sp³-hybridized carbons (Fsp3) is 0.556. The molecule has 1 aromatic carbocycles. The predicted octanol–water partition coefficient (Wildman–Crippen LogP) is 6.95. The lowest BCUT2D eigenvalue weighted by molar-refractivity contribution is -0.00513. The van der Waals surface area contributed by atoms with Gasteiger partial charge in [0.2, 0.25) is 0 Å². The molecule has 4 aliphatic carbocycles. The summed E-state index contributed by atoms with van der Waals surface area (Å²) < 4.78 is 0. The van der Waals surface area contributed by atoms with E-state index in [0.29, 0.717) is 5.41 Å². The van der Waals surface area contributed by atoms with Crippen molar-refractivity contribution in [3.05, 3.63) is 46.3 Å². The standard InChI is InChI=1S/C27H34N2S/c1-17-7-9-30-26(17)25-22(4-2-3-8-28)23-13-21(5-6-24(23)29-25)27-14-18-10-19(15-27)12-20(11-18)16-27/h5-7,9,13,18-20,29H,2-4,8,10-12,14-16,28H2,1H3. The predicted molar refractivity (Wildman–Crippen MR) is 128 cm³/mol. The Balaban J connectivity index is 1.46. The summed E-state index contributed by atoms with van der Waals surface area (Å²) in [5.41, 5.74) is 13.5. The molecular formula is C27H34N2S. The quantitative estimate of drug-likeness (QED) is 0.418. The number of aromatic nitrogens is 1. The van der Waals surface area contributed by atoms with Crippen molar-refractivity contribution in [2.45, 2.75) is 70.1 Å². The lowest BCUT2D eigenvalue weighted by atomic mass is 9.48. The molecular weight excluding hydrogens is 384 g/mol. The Kier molecular flexibility index (Phi) is 4.62. The third-order valence-corrected chi connectivity index (χ3v) is 9.56. The van der Waals surface area contributed by atoms with Crippen LogP contribution < -0.4 is 5.73 Å². The van der Waals surface area contributed by atoms with E-state index in [-0.39, 0.29) is 0 Å². The van der Waals surface area contributed by atoms with Gasteiger partial charge < -0.3 is 10.7 Å². The van der Waals surface area contributed by atoms with Crippen LogP contribution in [-0.4, -0.2) is 11.5 Å². The Morgan fingerprint density at radius 3 is 2.40 bits per heavy atom. The molecule has 3 N–H and O–H groups in total. The molecule has 0 atom stereocenters. The zero-order valence-electron chi connectivity index (χ0n) is 18.2. The van der Waals surface area contributed by atoms with Gasteiger partial charge in [-0.1, -0.05) is 6.07 Å². The molecule has 2 aromatic heterocycles. The normalized spacial score (nSPS) is 29.9. The fourth-order valence-electron chi connectivity index (χ4n) is 7.57. The highest BCUT2D eigenvalue weighted by Gasteiger charge is 2.51. The molecule has 2 nitrogen and oxygen atoms in total. The zero-order valence-corrected chi connectivity index (χ0v) is 19.0. The molecule has 0 amide bonds.